The monoisotopic (exact) mass is 1000 g/mol. The summed E-state index contributed by atoms with van der Waals surface area (Å²) in [7, 11) is -4.29. The Hall–Kier alpha value is -1.80. The largest absolute Gasteiger partial charge is 0.472 e. The van der Waals surface area contributed by atoms with Crippen molar-refractivity contribution in [3.63, 3.8) is 0 Å². The lowest BCUT2D eigenvalue weighted by atomic mass is 10.0. The number of nitrogens with two attached hydrogens (primary N) is 1. The first-order valence-electron chi connectivity index (χ1n) is 29.8. The molecule has 0 aromatic heterocycles. The molecule has 0 fully saturated rings. The van der Waals surface area contributed by atoms with E-state index in [0.29, 0.717) is 13.0 Å². The van der Waals surface area contributed by atoms with Crippen LogP contribution in [0.15, 0.2) is 60.8 Å². The Morgan fingerprint density at radius 1 is 0.443 bits per heavy atom. The second-order valence-electron chi connectivity index (χ2n) is 19.8. The van der Waals surface area contributed by atoms with Crippen LogP contribution < -0.4 is 5.73 Å². The van der Waals surface area contributed by atoms with Crippen LogP contribution in [0, 0.1) is 0 Å². The summed E-state index contributed by atoms with van der Waals surface area (Å²) in [5.74, 6) is -0.327. The number of esters is 1. The Labute approximate surface area is 433 Å². The molecule has 2 atom stereocenters. The molecule has 8 nitrogen and oxygen atoms in total. The maximum atomic E-state index is 12.7. The number of phosphoric ester groups is 1. The fraction of sp³-hybridized carbons (Fsp3) is 0.820. The molecule has 0 radical (unpaired) electrons. The number of allylic oxidation sites excluding steroid dienone is 10. The molecule has 0 aromatic carbocycles. The molecule has 0 rings (SSSR count). The summed E-state index contributed by atoms with van der Waals surface area (Å²) in [6.45, 7) is 4.85. The van der Waals surface area contributed by atoms with E-state index in [1.165, 1.54) is 205 Å². The number of carbonyl (C=O) groups is 1. The second-order valence-corrected chi connectivity index (χ2v) is 21.3. The van der Waals surface area contributed by atoms with E-state index in [9.17, 15) is 14.3 Å². The molecule has 0 saturated heterocycles. The van der Waals surface area contributed by atoms with Crippen molar-refractivity contribution in [3.05, 3.63) is 60.8 Å². The van der Waals surface area contributed by atoms with E-state index < -0.39 is 13.9 Å². The van der Waals surface area contributed by atoms with Crippen molar-refractivity contribution < 1.29 is 32.8 Å². The molecule has 0 bridgehead atoms. The Morgan fingerprint density at radius 3 is 1.21 bits per heavy atom. The van der Waals surface area contributed by atoms with E-state index in [1.807, 2.05) is 0 Å². The summed E-state index contributed by atoms with van der Waals surface area (Å²) in [4.78, 5) is 22.7. The van der Waals surface area contributed by atoms with E-state index in [2.05, 4.69) is 74.6 Å². The van der Waals surface area contributed by atoms with Crippen molar-refractivity contribution in [2.75, 3.05) is 33.0 Å². The van der Waals surface area contributed by atoms with E-state index in [4.69, 9.17) is 24.3 Å². The highest BCUT2D eigenvalue weighted by atomic mass is 31.2. The minimum absolute atomic E-state index is 0.0960. The minimum atomic E-state index is -4.29. The van der Waals surface area contributed by atoms with Crippen molar-refractivity contribution in [3.8, 4) is 0 Å². The highest BCUT2D eigenvalue weighted by molar-refractivity contribution is 7.47. The van der Waals surface area contributed by atoms with Crippen molar-refractivity contribution in [1.82, 2.24) is 0 Å². The predicted octanol–water partition coefficient (Wildman–Crippen LogP) is 19.2. The van der Waals surface area contributed by atoms with Crippen LogP contribution in [0.1, 0.15) is 284 Å². The van der Waals surface area contributed by atoms with Crippen LogP contribution in [0.2, 0.25) is 0 Å². The summed E-state index contributed by atoms with van der Waals surface area (Å²) >= 11 is 0. The Bertz CT molecular complexity index is 1270. The van der Waals surface area contributed by atoms with E-state index in [-0.39, 0.29) is 32.3 Å². The van der Waals surface area contributed by atoms with Crippen LogP contribution >= 0.6 is 7.82 Å². The highest BCUT2D eigenvalue weighted by Crippen LogP contribution is 2.43. The summed E-state index contributed by atoms with van der Waals surface area (Å²) < 4.78 is 33.7. The normalized spacial score (nSPS) is 13.6. The van der Waals surface area contributed by atoms with E-state index in [1.54, 1.807) is 0 Å². The predicted molar refractivity (Wildman–Crippen MR) is 302 cm³/mol. The summed E-state index contributed by atoms with van der Waals surface area (Å²) in [5, 5.41) is 0. The fourth-order valence-corrected chi connectivity index (χ4v) is 9.34. The third kappa shape index (κ3) is 57.1. The molecule has 2 unspecified atom stereocenters. The Kier molecular flexibility index (Phi) is 56.6. The number of hydrogen-bond donors (Lipinski definition) is 2. The van der Waals surface area contributed by atoms with Crippen molar-refractivity contribution in [2.45, 2.75) is 290 Å². The number of hydrogen-bond acceptors (Lipinski definition) is 7. The van der Waals surface area contributed by atoms with Crippen LogP contribution in [-0.2, 0) is 27.9 Å². The average molecular weight is 1000 g/mol. The summed E-state index contributed by atoms with van der Waals surface area (Å²) in [6.07, 6.45) is 74.2. The number of phosphoric acid groups is 1. The molecule has 70 heavy (non-hydrogen) atoms. The van der Waals surface area contributed by atoms with Crippen LogP contribution in [0.4, 0.5) is 0 Å². The summed E-state index contributed by atoms with van der Waals surface area (Å²) in [6, 6.07) is 0. The molecule has 0 aliphatic rings. The maximum Gasteiger partial charge on any atom is 0.472 e. The lowest BCUT2D eigenvalue weighted by molar-refractivity contribution is -0.154. The van der Waals surface area contributed by atoms with Gasteiger partial charge in [-0.05, 0) is 77.0 Å². The van der Waals surface area contributed by atoms with Gasteiger partial charge in [-0.25, -0.2) is 4.57 Å². The van der Waals surface area contributed by atoms with Gasteiger partial charge in [0, 0.05) is 19.6 Å². The number of rotatable bonds is 57. The van der Waals surface area contributed by atoms with Gasteiger partial charge in [-0.3, -0.25) is 13.8 Å². The molecule has 0 saturated carbocycles. The molecule has 0 amide bonds. The first-order valence-corrected chi connectivity index (χ1v) is 31.3. The summed E-state index contributed by atoms with van der Waals surface area (Å²) in [5.41, 5.74) is 5.41. The van der Waals surface area contributed by atoms with Crippen molar-refractivity contribution >= 4 is 13.8 Å². The molecule has 0 aromatic rings. The van der Waals surface area contributed by atoms with Crippen molar-refractivity contribution in [1.29, 1.82) is 0 Å². The third-order valence-corrected chi connectivity index (χ3v) is 13.9. The zero-order chi connectivity index (χ0) is 50.8. The molecular weight excluding hydrogens is 890 g/mol. The quantitative estimate of drug-likeness (QED) is 0.0268. The van der Waals surface area contributed by atoms with Gasteiger partial charge in [-0.15, -0.1) is 0 Å². The molecule has 3 N–H and O–H groups in total. The third-order valence-electron chi connectivity index (χ3n) is 12.9. The van der Waals surface area contributed by atoms with Crippen LogP contribution in [0.25, 0.3) is 0 Å². The van der Waals surface area contributed by atoms with Gasteiger partial charge < -0.3 is 20.1 Å². The molecule has 0 spiro atoms. The Morgan fingerprint density at radius 2 is 0.800 bits per heavy atom. The van der Waals surface area contributed by atoms with Gasteiger partial charge in [-0.2, -0.15) is 0 Å². The molecule has 0 aliphatic heterocycles. The van der Waals surface area contributed by atoms with E-state index >= 15 is 0 Å². The van der Waals surface area contributed by atoms with Crippen molar-refractivity contribution in [2.24, 2.45) is 5.73 Å². The molecule has 410 valence electrons. The molecule has 0 aliphatic carbocycles. The topological polar surface area (TPSA) is 117 Å². The number of unbranched alkanes of at least 4 members (excludes halogenated alkanes) is 34. The van der Waals surface area contributed by atoms with Gasteiger partial charge in [-0.1, -0.05) is 261 Å². The van der Waals surface area contributed by atoms with Crippen LogP contribution in [0.3, 0.4) is 0 Å². The Balaban J connectivity index is 3.86. The average Bonchev–Trinajstić information content (AvgIpc) is 3.35. The van der Waals surface area contributed by atoms with Crippen LogP contribution in [-0.4, -0.2) is 49.9 Å². The first kappa shape index (κ1) is 68.2. The van der Waals surface area contributed by atoms with Gasteiger partial charge in [0.25, 0.3) is 0 Å². The lowest BCUT2D eigenvalue weighted by Crippen LogP contribution is -2.28. The van der Waals surface area contributed by atoms with Gasteiger partial charge >= 0.3 is 13.8 Å². The fourth-order valence-electron chi connectivity index (χ4n) is 8.57. The van der Waals surface area contributed by atoms with Crippen LogP contribution in [0.5, 0.6) is 0 Å². The maximum absolute atomic E-state index is 12.7. The zero-order valence-electron chi connectivity index (χ0n) is 46.0. The van der Waals surface area contributed by atoms with Gasteiger partial charge in [0.2, 0.25) is 0 Å². The standard InChI is InChI=1S/C61H114NO7P/c1-3-5-7-9-11-13-15-17-19-21-23-25-27-29-31-33-35-37-39-41-43-45-47-49-51-53-56-66-58-60(59-68-70(64,65)67-57-55-62)69-61(63)54-52-50-48-46-44-42-40-38-36-34-32-30-28-26-24-22-20-18-16-14-12-10-8-6-4-2/h5,7,11,13,17,19,22-25,60H,3-4,6,8-10,12,14-16,18,20-21,26-59,62H2,1-2H3,(H,64,65)/b7-5-,13-11-,19-17-,24-22-,25-23-. The van der Waals surface area contributed by atoms with Gasteiger partial charge in [0.05, 0.1) is 19.8 Å². The lowest BCUT2D eigenvalue weighted by Gasteiger charge is -2.20. The van der Waals surface area contributed by atoms with E-state index in [0.717, 1.165) is 57.8 Å². The highest BCUT2D eigenvalue weighted by Gasteiger charge is 2.25. The second kappa shape index (κ2) is 58.1. The first-order chi connectivity index (χ1) is 34.4. The molecule has 0 heterocycles. The number of ether oxygens (including phenoxy) is 2. The SMILES string of the molecule is CC/C=C\C/C=C\C/C=C\C/C=C\CCCCCCCCCCCCCCCOCC(COP(=O)(O)OCCN)OC(=O)CCCCCCCCCCCCCCC/C=C\CCCCCCCCCC. The molecule has 9 heteroatoms. The zero-order valence-corrected chi connectivity index (χ0v) is 46.9. The molecular formula is C61H114NO7P. The van der Waals surface area contributed by atoms with Gasteiger partial charge in [0.15, 0.2) is 0 Å². The smallest absolute Gasteiger partial charge is 0.457 e. The number of carbonyl (C=O) groups excluding carboxylic acids is 1. The minimum Gasteiger partial charge on any atom is -0.457 e. The van der Waals surface area contributed by atoms with Gasteiger partial charge in [0.1, 0.15) is 6.10 Å².